The summed E-state index contributed by atoms with van der Waals surface area (Å²) in [5, 5.41) is 10.6. The summed E-state index contributed by atoms with van der Waals surface area (Å²) in [6.07, 6.45) is 8.01. The van der Waals surface area contributed by atoms with Gasteiger partial charge in [-0.25, -0.2) is 4.39 Å². The molecule has 0 saturated carbocycles. The molecule has 4 aromatic rings. The highest BCUT2D eigenvalue weighted by atomic mass is 19.1. The highest BCUT2D eigenvalue weighted by Crippen LogP contribution is 2.34. The number of nitrogens with zero attached hydrogens (tertiary/aromatic N) is 3. The van der Waals surface area contributed by atoms with Crippen molar-refractivity contribution in [2.24, 2.45) is 15.2 Å². The van der Waals surface area contributed by atoms with Crippen LogP contribution in [0.25, 0.3) is 10.8 Å². The predicted octanol–water partition coefficient (Wildman–Crippen LogP) is 9.49. The average Bonchev–Trinajstić information content (AvgIpc) is 2.90. The first-order valence-corrected chi connectivity index (χ1v) is 12.2. The Labute approximate surface area is 206 Å². The van der Waals surface area contributed by atoms with Crippen molar-refractivity contribution in [3.8, 4) is 5.75 Å². The quantitative estimate of drug-likeness (QED) is 0.123. The summed E-state index contributed by atoms with van der Waals surface area (Å²) in [4.78, 5) is 4.73. The lowest BCUT2D eigenvalue weighted by atomic mass is 10.1. The van der Waals surface area contributed by atoms with Gasteiger partial charge in [-0.3, -0.25) is 4.99 Å². The third-order valence-electron chi connectivity index (χ3n) is 5.73. The first-order valence-electron chi connectivity index (χ1n) is 12.2. The molecule has 0 amide bonds. The molecule has 0 aliphatic rings. The fourth-order valence-electron chi connectivity index (χ4n) is 3.78. The normalized spacial score (nSPS) is 11.6. The number of halogens is 1. The molecule has 0 heterocycles. The van der Waals surface area contributed by atoms with Gasteiger partial charge in [-0.2, -0.15) is 5.11 Å². The number of rotatable bonds is 11. The SMILES string of the molecule is CCCCCCCOc1ccc(C=Nc2ccc(N=Nc3ccc(F)cc3)c3ccccc23)cc1. The van der Waals surface area contributed by atoms with Crippen molar-refractivity contribution >= 4 is 34.0 Å². The van der Waals surface area contributed by atoms with Crippen LogP contribution in [0.5, 0.6) is 5.75 Å². The molecule has 4 nitrogen and oxygen atoms in total. The Morgan fingerprint density at radius 2 is 1.40 bits per heavy atom. The molecule has 0 atom stereocenters. The van der Waals surface area contributed by atoms with E-state index in [9.17, 15) is 4.39 Å². The number of fused-ring (bicyclic) bond motifs is 1. The van der Waals surface area contributed by atoms with Gasteiger partial charge in [-0.15, -0.1) is 5.11 Å². The van der Waals surface area contributed by atoms with E-state index in [0.29, 0.717) is 5.69 Å². The van der Waals surface area contributed by atoms with Crippen LogP contribution in [0.1, 0.15) is 44.6 Å². The van der Waals surface area contributed by atoms with Gasteiger partial charge in [0.1, 0.15) is 11.6 Å². The highest BCUT2D eigenvalue weighted by Gasteiger charge is 2.05. The van der Waals surface area contributed by atoms with Gasteiger partial charge in [0.2, 0.25) is 0 Å². The van der Waals surface area contributed by atoms with Crippen LogP contribution in [0.3, 0.4) is 0 Å². The maximum Gasteiger partial charge on any atom is 0.123 e. The predicted molar refractivity (Wildman–Crippen MR) is 142 cm³/mol. The van der Waals surface area contributed by atoms with Crippen LogP contribution in [-0.2, 0) is 0 Å². The van der Waals surface area contributed by atoms with Crippen molar-refractivity contribution in [3.63, 3.8) is 0 Å². The van der Waals surface area contributed by atoms with E-state index in [-0.39, 0.29) is 5.82 Å². The smallest absolute Gasteiger partial charge is 0.123 e. The molecule has 4 aromatic carbocycles. The van der Waals surface area contributed by atoms with E-state index in [1.54, 1.807) is 12.1 Å². The molecule has 35 heavy (non-hydrogen) atoms. The maximum absolute atomic E-state index is 13.1. The summed E-state index contributed by atoms with van der Waals surface area (Å²) in [5.41, 5.74) is 3.19. The average molecular weight is 468 g/mol. The van der Waals surface area contributed by atoms with Gasteiger partial charge in [0.25, 0.3) is 0 Å². The van der Waals surface area contributed by atoms with Crippen LogP contribution < -0.4 is 4.74 Å². The third kappa shape index (κ3) is 7.06. The molecule has 0 aliphatic heterocycles. The summed E-state index contributed by atoms with van der Waals surface area (Å²) in [6, 6.07) is 25.8. The fourth-order valence-corrected chi connectivity index (χ4v) is 3.78. The van der Waals surface area contributed by atoms with Crippen molar-refractivity contribution in [1.29, 1.82) is 0 Å². The van der Waals surface area contributed by atoms with Gasteiger partial charge < -0.3 is 4.74 Å². The molecule has 0 aromatic heterocycles. The molecular weight excluding hydrogens is 437 g/mol. The molecule has 0 fully saturated rings. The molecule has 0 spiro atoms. The van der Waals surface area contributed by atoms with Gasteiger partial charge >= 0.3 is 0 Å². The van der Waals surface area contributed by atoms with Gasteiger partial charge in [-0.1, -0.05) is 56.9 Å². The molecule has 0 bridgehead atoms. The Morgan fingerprint density at radius 1 is 0.714 bits per heavy atom. The van der Waals surface area contributed by atoms with Crippen LogP contribution >= 0.6 is 0 Å². The van der Waals surface area contributed by atoms with Crippen LogP contribution in [0, 0.1) is 5.82 Å². The Kier molecular flexibility index (Phi) is 8.71. The topological polar surface area (TPSA) is 46.3 Å². The molecule has 0 saturated heterocycles. The number of benzene rings is 4. The van der Waals surface area contributed by atoms with Gasteiger partial charge in [0, 0.05) is 17.0 Å². The molecular formula is C30H30FN3O. The van der Waals surface area contributed by atoms with Crippen molar-refractivity contribution in [1.82, 2.24) is 0 Å². The van der Waals surface area contributed by atoms with E-state index in [0.717, 1.165) is 46.5 Å². The Hall–Kier alpha value is -3.86. The van der Waals surface area contributed by atoms with Crippen molar-refractivity contribution in [2.75, 3.05) is 6.61 Å². The molecule has 0 aliphatic carbocycles. The third-order valence-corrected chi connectivity index (χ3v) is 5.73. The number of azo groups is 1. The molecule has 4 rings (SSSR count). The second kappa shape index (κ2) is 12.6. The zero-order valence-corrected chi connectivity index (χ0v) is 20.0. The van der Waals surface area contributed by atoms with E-state index in [2.05, 4.69) is 17.2 Å². The van der Waals surface area contributed by atoms with Crippen molar-refractivity contribution in [3.05, 3.63) is 96.3 Å². The fraction of sp³-hybridized carbons (Fsp3) is 0.233. The van der Waals surface area contributed by atoms with E-state index in [1.807, 2.05) is 66.9 Å². The van der Waals surface area contributed by atoms with Crippen LogP contribution in [0.4, 0.5) is 21.5 Å². The van der Waals surface area contributed by atoms with Gasteiger partial charge in [-0.05, 0) is 72.6 Å². The molecule has 0 unspecified atom stereocenters. The first-order chi connectivity index (χ1) is 17.2. The highest BCUT2D eigenvalue weighted by molar-refractivity contribution is 6.01. The van der Waals surface area contributed by atoms with Gasteiger partial charge in [0.15, 0.2) is 0 Å². The van der Waals surface area contributed by atoms with Crippen molar-refractivity contribution in [2.45, 2.75) is 39.0 Å². The minimum absolute atomic E-state index is 0.295. The lowest BCUT2D eigenvalue weighted by Crippen LogP contribution is -1.97. The number of hydrogen-bond acceptors (Lipinski definition) is 4. The molecule has 178 valence electrons. The maximum atomic E-state index is 13.1. The van der Waals surface area contributed by atoms with Gasteiger partial charge in [0.05, 0.1) is 23.7 Å². The van der Waals surface area contributed by atoms with E-state index >= 15 is 0 Å². The second-order valence-electron chi connectivity index (χ2n) is 8.42. The molecule has 5 heteroatoms. The number of unbranched alkanes of at least 4 members (excludes halogenated alkanes) is 4. The Balaban J connectivity index is 1.43. The molecule has 0 radical (unpaired) electrons. The second-order valence-corrected chi connectivity index (χ2v) is 8.42. The zero-order valence-electron chi connectivity index (χ0n) is 20.0. The standard InChI is InChI=1S/C30H30FN3O/c1-2-3-4-5-8-21-35-26-17-11-23(12-18-26)22-32-29-19-20-30(28-10-7-6-9-27(28)29)34-33-25-15-13-24(31)14-16-25/h6-7,9-20,22H,2-5,8,21H2,1H3. The van der Waals surface area contributed by atoms with Crippen molar-refractivity contribution < 1.29 is 9.13 Å². The number of aliphatic imine (C=N–C) groups is 1. The summed E-state index contributed by atoms with van der Waals surface area (Å²) in [7, 11) is 0. The molecule has 0 N–H and O–H groups in total. The van der Waals surface area contributed by atoms with Crippen LogP contribution in [0.2, 0.25) is 0 Å². The number of ether oxygens (including phenoxy) is 1. The van der Waals surface area contributed by atoms with E-state index in [1.165, 1.54) is 37.8 Å². The summed E-state index contributed by atoms with van der Waals surface area (Å²) in [6.45, 7) is 2.98. The lowest BCUT2D eigenvalue weighted by molar-refractivity contribution is 0.304. The first kappa shape index (κ1) is 24.3. The van der Waals surface area contributed by atoms with E-state index in [4.69, 9.17) is 9.73 Å². The summed E-state index contributed by atoms with van der Waals surface area (Å²) >= 11 is 0. The lowest BCUT2D eigenvalue weighted by Gasteiger charge is -2.06. The zero-order chi connectivity index (χ0) is 24.3. The van der Waals surface area contributed by atoms with Crippen LogP contribution in [0.15, 0.2) is 100 Å². The van der Waals surface area contributed by atoms with E-state index < -0.39 is 0 Å². The largest absolute Gasteiger partial charge is 0.494 e. The minimum atomic E-state index is -0.295. The monoisotopic (exact) mass is 467 g/mol. The Bertz CT molecular complexity index is 1280. The Morgan fingerprint density at radius 3 is 2.14 bits per heavy atom. The summed E-state index contributed by atoms with van der Waals surface area (Å²) < 4.78 is 19.0. The van der Waals surface area contributed by atoms with Crippen LogP contribution in [-0.4, -0.2) is 12.8 Å². The minimum Gasteiger partial charge on any atom is -0.494 e. The number of hydrogen-bond donors (Lipinski definition) is 0. The summed E-state index contributed by atoms with van der Waals surface area (Å²) in [5.74, 6) is 0.593.